The van der Waals surface area contributed by atoms with Crippen molar-refractivity contribution in [3.8, 4) is 0 Å². The minimum atomic E-state index is -0.0933. The van der Waals surface area contributed by atoms with E-state index in [4.69, 9.17) is 34.8 Å². The predicted octanol–water partition coefficient (Wildman–Crippen LogP) is 5.51. The highest BCUT2D eigenvalue weighted by molar-refractivity contribution is 7.99. The Kier molecular flexibility index (Phi) is 10.4. The zero-order valence-corrected chi connectivity index (χ0v) is 19.6. The number of aromatic nitrogens is 2. The van der Waals surface area contributed by atoms with Crippen LogP contribution in [-0.2, 0) is 11.2 Å². The largest absolute Gasteiger partial charge is 0.356 e. The number of hydrogen-bond acceptors (Lipinski definition) is 5. The van der Waals surface area contributed by atoms with Gasteiger partial charge in [0, 0.05) is 35.7 Å². The van der Waals surface area contributed by atoms with Crippen LogP contribution in [0.25, 0.3) is 0 Å². The number of hydrogen-bond donors (Lipinski definition) is 1. The third kappa shape index (κ3) is 8.21. The molecule has 0 aliphatic heterocycles. The molecule has 0 saturated heterocycles. The first-order valence-electron chi connectivity index (χ1n) is 9.55. The van der Waals surface area contributed by atoms with Crippen LogP contribution in [0.3, 0.4) is 0 Å². The molecule has 1 amide bonds. The van der Waals surface area contributed by atoms with E-state index in [0.717, 1.165) is 37.3 Å². The molecule has 0 fully saturated rings. The fourth-order valence-electron chi connectivity index (χ4n) is 2.73. The van der Waals surface area contributed by atoms with Gasteiger partial charge in [0.1, 0.15) is 11.0 Å². The Morgan fingerprint density at radius 2 is 1.83 bits per heavy atom. The van der Waals surface area contributed by atoms with Gasteiger partial charge in [-0.3, -0.25) is 4.79 Å². The molecule has 5 nitrogen and oxygen atoms in total. The number of anilines is 1. The van der Waals surface area contributed by atoms with Gasteiger partial charge in [-0.2, -0.15) is 0 Å². The van der Waals surface area contributed by atoms with Crippen molar-refractivity contribution in [3.05, 3.63) is 45.0 Å². The molecule has 0 bridgehead atoms. The standard InChI is InChI=1S/C20H25Cl3N4OS/c1-3-9-27(10-4-2)18-12-17(23)25-20(26-18)29-13-19(28)24-8-7-14-5-6-15(21)11-16(14)22/h5-6,11-12H,3-4,7-10,13H2,1-2H3,(H,24,28). The summed E-state index contributed by atoms with van der Waals surface area (Å²) in [6.45, 7) is 6.55. The molecule has 29 heavy (non-hydrogen) atoms. The van der Waals surface area contributed by atoms with Crippen LogP contribution in [-0.4, -0.2) is 41.3 Å². The van der Waals surface area contributed by atoms with E-state index in [2.05, 4.69) is 34.0 Å². The monoisotopic (exact) mass is 474 g/mol. The maximum atomic E-state index is 12.2. The van der Waals surface area contributed by atoms with Crippen molar-refractivity contribution in [2.24, 2.45) is 0 Å². The van der Waals surface area contributed by atoms with Crippen LogP contribution in [0.1, 0.15) is 32.3 Å². The summed E-state index contributed by atoms with van der Waals surface area (Å²) in [6, 6.07) is 7.12. The van der Waals surface area contributed by atoms with Gasteiger partial charge >= 0.3 is 0 Å². The van der Waals surface area contributed by atoms with E-state index in [-0.39, 0.29) is 11.7 Å². The quantitative estimate of drug-likeness (QED) is 0.264. The number of amides is 1. The third-order valence-corrected chi connectivity index (χ3v) is 5.66. The number of nitrogens with zero attached hydrogens (tertiary/aromatic N) is 3. The molecule has 1 aromatic heterocycles. The van der Waals surface area contributed by atoms with Gasteiger partial charge in [-0.15, -0.1) is 0 Å². The number of carbonyl (C=O) groups excluding carboxylic acids is 1. The predicted molar refractivity (Wildman–Crippen MR) is 124 cm³/mol. The van der Waals surface area contributed by atoms with Gasteiger partial charge in [0.05, 0.1) is 5.75 Å². The Labute approximate surface area is 191 Å². The molecular formula is C20H25Cl3N4OS. The molecule has 0 spiro atoms. The number of carbonyl (C=O) groups is 1. The van der Waals surface area contributed by atoms with E-state index in [1.807, 2.05) is 6.07 Å². The summed E-state index contributed by atoms with van der Waals surface area (Å²) in [4.78, 5) is 23.2. The van der Waals surface area contributed by atoms with Crippen molar-refractivity contribution < 1.29 is 4.79 Å². The van der Waals surface area contributed by atoms with E-state index < -0.39 is 0 Å². The van der Waals surface area contributed by atoms with E-state index >= 15 is 0 Å². The Morgan fingerprint density at radius 1 is 1.10 bits per heavy atom. The lowest BCUT2D eigenvalue weighted by Gasteiger charge is -2.22. The molecule has 0 saturated carbocycles. The lowest BCUT2D eigenvalue weighted by molar-refractivity contribution is -0.118. The minimum absolute atomic E-state index is 0.0933. The second kappa shape index (κ2) is 12.5. The van der Waals surface area contributed by atoms with Crippen molar-refractivity contribution in [2.45, 2.75) is 38.3 Å². The Bertz CT molecular complexity index is 816. The normalized spacial score (nSPS) is 10.8. The highest BCUT2D eigenvalue weighted by Crippen LogP contribution is 2.23. The van der Waals surface area contributed by atoms with E-state index in [9.17, 15) is 4.79 Å². The molecule has 0 unspecified atom stereocenters. The van der Waals surface area contributed by atoms with Crippen LogP contribution >= 0.6 is 46.6 Å². The lowest BCUT2D eigenvalue weighted by atomic mass is 10.1. The fourth-order valence-corrected chi connectivity index (χ4v) is 4.15. The van der Waals surface area contributed by atoms with Crippen LogP contribution < -0.4 is 10.2 Å². The van der Waals surface area contributed by atoms with Crippen molar-refractivity contribution >= 4 is 58.3 Å². The van der Waals surface area contributed by atoms with Crippen molar-refractivity contribution in [3.63, 3.8) is 0 Å². The number of rotatable bonds is 11. The molecule has 1 N–H and O–H groups in total. The number of nitrogens with one attached hydrogen (secondary N) is 1. The zero-order chi connectivity index (χ0) is 21.2. The van der Waals surface area contributed by atoms with Crippen LogP contribution in [0.2, 0.25) is 15.2 Å². The second-order valence-electron chi connectivity index (χ2n) is 6.44. The molecule has 1 heterocycles. The number of thioether (sulfide) groups is 1. The SMILES string of the molecule is CCCN(CCC)c1cc(Cl)nc(SCC(=O)NCCc2ccc(Cl)cc2Cl)n1. The summed E-state index contributed by atoms with van der Waals surface area (Å²) in [5.41, 5.74) is 0.943. The van der Waals surface area contributed by atoms with Gasteiger partial charge in [0.2, 0.25) is 5.91 Å². The molecule has 158 valence electrons. The van der Waals surface area contributed by atoms with Gasteiger partial charge in [0.15, 0.2) is 5.16 Å². The van der Waals surface area contributed by atoms with Crippen molar-refractivity contribution in [1.82, 2.24) is 15.3 Å². The highest BCUT2D eigenvalue weighted by atomic mass is 35.5. The van der Waals surface area contributed by atoms with Gasteiger partial charge in [-0.1, -0.05) is 66.5 Å². The van der Waals surface area contributed by atoms with Crippen LogP contribution in [0, 0.1) is 0 Å². The maximum absolute atomic E-state index is 12.2. The average molecular weight is 476 g/mol. The molecular weight excluding hydrogens is 451 g/mol. The molecule has 2 rings (SSSR count). The van der Waals surface area contributed by atoms with Gasteiger partial charge in [-0.25, -0.2) is 9.97 Å². The summed E-state index contributed by atoms with van der Waals surface area (Å²) in [5, 5.41) is 4.96. The summed E-state index contributed by atoms with van der Waals surface area (Å²) < 4.78 is 0. The summed E-state index contributed by atoms with van der Waals surface area (Å²) in [6.07, 6.45) is 2.67. The summed E-state index contributed by atoms with van der Waals surface area (Å²) in [5.74, 6) is 0.925. The van der Waals surface area contributed by atoms with Gasteiger partial charge in [-0.05, 0) is 37.0 Å². The van der Waals surface area contributed by atoms with Crippen LogP contribution in [0.15, 0.2) is 29.4 Å². The first-order chi connectivity index (χ1) is 13.9. The third-order valence-electron chi connectivity index (χ3n) is 4.04. The van der Waals surface area contributed by atoms with Crippen molar-refractivity contribution in [1.29, 1.82) is 0 Å². The smallest absolute Gasteiger partial charge is 0.230 e. The molecule has 0 aliphatic carbocycles. The van der Waals surface area contributed by atoms with E-state index in [1.165, 1.54) is 11.8 Å². The second-order valence-corrected chi connectivity index (χ2v) is 8.62. The summed E-state index contributed by atoms with van der Waals surface area (Å²) >= 11 is 19.5. The Balaban J connectivity index is 1.87. The Morgan fingerprint density at radius 3 is 2.48 bits per heavy atom. The fraction of sp³-hybridized carbons (Fsp3) is 0.450. The first kappa shape index (κ1) is 24.1. The average Bonchev–Trinajstić information content (AvgIpc) is 2.67. The topological polar surface area (TPSA) is 58.1 Å². The number of benzene rings is 1. The summed E-state index contributed by atoms with van der Waals surface area (Å²) in [7, 11) is 0. The first-order valence-corrected chi connectivity index (χ1v) is 11.7. The van der Waals surface area contributed by atoms with E-state index in [1.54, 1.807) is 18.2 Å². The zero-order valence-electron chi connectivity index (χ0n) is 16.6. The molecule has 9 heteroatoms. The maximum Gasteiger partial charge on any atom is 0.230 e. The Hall–Kier alpha value is -1.21. The van der Waals surface area contributed by atoms with Crippen LogP contribution in [0.4, 0.5) is 5.82 Å². The van der Waals surface area contributed by atoms with Gasteiger partial charge in [0.25, 0.3) is 0 Å². The van der Waals surface area contributed by atoms with Gasteiger partial charge < -0.3 is 10.2 Å². The van der Waals surface area contributed by atoms with Crippen molar-refractivity contribution in [2.75, 3.05) is 30.3 Å². The minimum Gasteiger partial charge on any atom is -0.356 e. The molecule has 2 aromatic rings. The molecule has 0 radical (unpaired) electrons. The highest BCUT2D eigenvalue weighted by Gasteiger charge is 2.12. The van der Waals surface area contributed by atoms with Crippen LogP contribution in [0.5, 0.6) is 0 Å². The molecule has 0 aliphatic rings. The lowest BCUT2D eigenvalue weighted by Crippen LogP contribution is -2.27. The molecule has 0 atom stereocenters. The van der Waals surface area contributed by atoms with E-state index in [0.29, 0.717) is 33.3 Å². The molecule has 1 aromatic carbocycles. The number of halogens is 3.